The van der Waals surface area contributed by atoms with Gasteiger partial charge in [0, 0.05) is 24.6 Å². The number of aryl methyl sites for hydroxylation is 1. The number of benzene rings is 1. The van der Waals surface area contributed by atoms with Crippen LogP contribution in [0.25, 0.3) is 0 Å². The van der Waals surface area contributed by atoms with Crippen molar-refractivity contribution in [2.75, 3.05) is 14.2 Å². The van der Waals surface area contributed by atoms with Gasteiger partial charge < -0.3 is 14.4 Å². The van der Waals surface area contributed by atoms with Crippen LogP contribution < -0.4 is 9.47 Å². The van der Waals surface area contributed by atoms with Crippen LogP contribution in [0.5, 0.6) is 11.5 Å². The van der Waals surface area contributed by atoms with Gasteiger partial charge in [-0.1, -0.05) is 6.07 Å². The van der Waals surface area contributed by atoms with Crippen molar-refractivity contribution >= 4 is 5.91 Å². The minimum absolute atomic E-state index is 0.243. The van der Waals surface area contributed by atoms with Crippen molar-refractivity contribution in [1.29, 1.82) is 0 Å². The summed E-state index contributed by atoms with van der Waals surface area (Å²) in [7, 11) is 3.28. The zero-order valence-corrected chi connectivity index (χ0v) is 15.9. The van der Waals surface area contributed by atoms with Crippen molar-refractivity contribution in [2.45, 2.75) is 56.7 Å². The number of hydrogen-bond donors (Lipinski definition) is 0. The van der Waals surface area contributed by atoms with Crippen LogP contribution in [-0.4, -0.2) is 52.1 Å². The van der Waals surface area contributed by atoms with Gasteiger partial charge >= 0.3 is 0 Å². The standard InChI is InChI=1S/C20H26N4O3/c1-26-18-7-3-14(19(13-18)27-2)4-8-20(25)23-15-5-6-16(23)12-17(11-15)24-21-9-10-22-24/h3,7,9-10,13,15-17H,4-6,8,11-12H2,1-2H3. The number of fused-ring (bicyclic) bond motifs is 2. The molecule has 2 unspecified atom stereocenters. The van der Waals surface area contributed by atoms with Gasteiger partial charge in [0.15, 0.2) is 0 Å². The Hall–Kier alpha value is -2.57. The number of piperidine rings is 1. The molecule has 4 rings (SSSR count). The molecule has 0 radical (unpaired) electrons. The summed E-state index contributed by atoms with van der Waals surface area (Å²) in [4.78, 5) is 16.9. The highest BCUT2D eigenvalue weighted by Crippen LogP contribution is 2.40. The van der Waals surface area contributed by atoms with E-state index in [0.717, 1.165) is 42.7 Å². The molecular formula is C20H26N4O3. The van der Waals surface area contributed by atoms with Crippen LogP contribution in [0.1, 0.15) is 43.7 Å². The molecule has 7 heteroatoms. The number of amides is 1. The van der Waals surface area contributed by atoms with Crippen LogP contribution in [0, 0.1) is 0 Å². The van der Waals surface area contributed by atoms with E-state index in [2.05, 4.69) is 15.1 Å². The fourth-order valence-electron chi connectivity index (χ4n) is 4.59. The maximum absolute atomic E-state index is 13.0. The van der Waals surface area contributed by atoms with Crippen LogP contribution in [-0.2, 0) is 11.2 Å². The molecule has 1 aromatic heterocycles. The first-order valence-electron chi connectivity index (χ1n) is 9.57. The van der Waals surface area contributed by atoms with Crippen LogP contribution >= 0.6 is 0 Å². The summed E-state index contributed by atoms with van der Waals surface area (Å²) in [5.74, 6) is 1.77. The SMILES string of the molecule is COc1ccc(CCC(=O)N2C3CCC2CC(n2nccn2)C3)c(OC)c1. The Kier molecular flexibility index (Phi) is 5.01. The molecule has 2 bridgehead atoms. The molecule has 0 aliphatic carbocycles. The second-order valence-electron chi connectivity index (χ2n) is 7.34. The molecule has 144 valence electrons. The minimum Gasteiger partial charge on any atom is -0.497 e. The third-order valence-corrected chi connectivity index (χ3v) is 5.86. The lowest BCUT2D eigenvalue weighted by atomic mass is 9.96. The van der Waals surface area contributed by atoms with Crippen LogP contribution in [0.4, 0.5) is 0 Å². The number of aromatic nitrogens is 3. The Morgan fingerprint density at radius 1 is 1.07 bits per heavy atom. The Morgan fingerprint density at radius 2 is 1.78 bits per heavy atom. The monoisotopic (exact) mass is 370 g/mol. The first-order valence-corrected chi connectivity index (χ1v) is 9.57. The molecule has 7 nitrogen and oxygen atoms in total. The molecule has 2 fully saturated rings. The normalized spacial score (nSPS) is 24.1. The van der Waals surface area contributed by atoms with E-state index in [-0.39, 0.29) is 5.91 Å². The number of nitrogens with zero attached hydrogens (tertiary/aromatic N) is 4. The minimum atomic E-state index is 0.243. The maximum atomic E-state index is 13.0. The Morgan fingerprint density at radius 3 is 2.41 bits per heavy atom. The predicted octanol–water partition coefficient (Wildman–Crippen LogP) is 2.62. The number of rotatable bonds is 6. The largest absolute Gasteiger partial charge is 0.497 e. The predicted molar refractivity (Wildman–Crippen MR) is 99.8 cm³/mol. The fraction of sp³-hybridized carbons (Fsp3) is 0.550. The lowest BCUT2D eigenvalue weighted by molar-refractivity contribution is -0.136. The quantitative estimate of drug-likeness (QED) is 0.782. The van der Waals surface area contributed by atoms with E-state index in [0.29, 0.717) is 31.0 Å². The lowest BCUT2D eigenvalue weighted by Crippen LogP contribution is -2.47. The molecule has 2 aliphatic heterocycles. The van der Waals surface area contributed by atoms with E-state index in [1.54, 1.807) is 26.6 Å². The molecule has 0 N–H and O–H groups in total. The number of methoxy groups -OCH3 is 2. The van der Waals surface area contributed by atoms with E-state index in [1.165, 1.54) is 0 Å². The molecule has 27 heavy (non-hydrogen) atoms. The van der Waals surface area contributed by atoms with Crippen molar-refractivity contribution in [3.8, 4) is 11.5 Å². The maximum Gasteiger partial charge on any atom is 0.223 e. The molecule has 0 spiro atoms. The van der Waals surface area contributed by atoms with Gasteiger partial charge in [0.2, 0.25) is 5.91 Å². The molecule has 1 amide bonds. The molecular weight excluding hydrogens is 344 g/mol. The van der Waals surface area contributed by atoms with E-state index in [1.807, 2.05) is 23.0 Å². The first-order chi connectivity index (χ1) is 13.2. The molecule has 2 saturated heterocycles. The molecule has 2 aliphatic rings. The second-order valence-corrected chi connectivity index (χ2v) is 7.34. The number of ether oxygens (including phenoxy) is 2. The summed E-state index contributed by atoms with van der Waals surface area (Å²) in [5, 5.41) is 8.59. The van der Waals surface area contributed by atoms with Crippen LogP contribution in [0.15, 0.2) is 30.6 Å². The highest BCUT2D eigenvalue weighted by atomic mass is 16.5. The third-order valence-electron chi connectivity index (χ3n) is 5.86. The van der Waals surface area contributed by atoms with E-state index < -0.39 is 0 Å². The molecule has 1 aromatic carbocycles. The van der Waals surface area contributed by atoms with Gasteiger partial charge in [0.1, 0.15) is 11.5 Å². The smallest absolute Gasteiger partial charge is 0.223 e. The Labute approximate surface area is 159 Å². The highest BCUT2D eigenvalue weighted by Gasteiger charge is 2.43. The summed E-state index contributed by atoms with van der Waals surface area (Å²) >= 11 is 0. The van der Waals surface area contributed by atoms with E-state index >= 15 is 0 Å². The average molecular weight is 370 g/mol. The van der Waals surface area contributed by atoms with Gasteiger partial charge in [-0.3, -0.25) is 4.79 Å². The van der Waals surface area contributed by atoms with Crippen molar-refractivity contribution in [2.24, 2.45) is 0 Å². The topological polar surface area (TPSA) is 69.5 Å². The van der Waals surface area contributed by atoms with Gasteiger partial charge in [-0.15, -0.1) is 0 Å². The summed E-state index contributed by atoms with van der Waals surface area (Å²) in [5.41, 5.74) is 1.04. The molecule has 2 atom stereocenters. The summed E-state index contributed by atoms with van der Waals surface area (Å²) < 4.78 is 10.7. The lowest BCUT2D eigenvalue weighted by Gasteiger charge is -2.38. The number of carbonyl (C=O) groups is 1. The second kappa shape index (κ2) is 7.58. The van der Waals surface area contributed by atoms with Crippen LogP contribution in [0.3, 0.4) is 0 Å². The van der Waals surface area contributed by atoms with Gasteiger partial charge in [0.05, 0.1) is 32.7 Å². The molecule has 2 aromatic rings. The number of hydrogen-bond acceptors (Lipinski definition) is 5. The first kappa shape index (κ1) is 17.8. The summed E-state index contributed by atoms with van der Waals surface area (Å²) in [6, 6.07) is 6.69. The van der Waals surface area contributed by atoms with Gasteiger partial charge in [0.25, 0.3) is 0 Å². The zero-order valence-electron chi connectivity index (χ0n) is 15.9. The van der Waals surface area contributed by atoms with Gasteiger partial charge in [-0.25, -0.2) is 0 Å². The van der Waals surface area contributed by atoms with Crippen LogP contribution in [0.2, 0.25) is 0 Å². The van der Waals surface area contributed by atoms with Crippen molar-refractivity contribution in [3.63, 3.8) is 0 Å². The fourth-order valence-corrected chi connectivity index (χ4v) is 4.59. The Balaban J connectivity index is 1.40. The third kappa shape index (κ3) is 3.50. The Bertz CT molecular complexity index is 779. The highest BCUT2D eigenvalue weighted by molar-refractivity contribution is 5.77. The van der Waals surface area contributed by atoms with E-state index in [9.17, 15) is 4.79 Å². The molecule has 0 saturated carbocycles. The van der Waals surface area contributed by atoms with Gasteiger partial charge in [-0.05, 0) is 43.7 Å². The number of carbonyl (C=O) groups excluding carboxylic acids is 1. The average Bonchev–Trinajstić information content (AvgIpc) is 3.32. The van der Waals surface area contributed by atoms with E-state index in [4.69, 9.17) is 9.47 Å². The van der Waals surface area contributed by atoms with Crippen molar-refractivity contribution in [3.05, 3.63) is 36.2 Å². The van der Waals surface area contributed by atoms with Crippen molar-refractivity contribution < 1.29 is 14.3 Å². The van der Waals surface area contributed by atoms with Gasteiger partial charge in [-0.2, -0.15) is 15.0 Å². The zero-order chi connectivity index (χ0) is 18.8. The van der Waals surface area contributed by atoms with Crippen molar-refractivity contribution in [1.82, 2.24) is 19.9 Å². The summed E-state index contributed by atoms with van der Waals surface area (Å²) in [6.07, 6.45) is 8.68. The summed E-state index contributed by atoms with van der Waals surface area (Å²) in [6.45, 7) is 0. The molecule has 3 heterocycles.